The van der Waals surface area contributed by atoms with E-state index in [1.165, 1.54) is 4.31 Å². The molecule has 0 aliphatic heterocycles. The van der Waals surface area contributed by atoms with Crippen LogP contribution < -0.4 is 10.0 Å². The van der Waals surface area contributed by atoms with Crippen LogP contribution in [0.4, 0.5) is 0 Å². The van der Waals surface area contributed by atoms with Gasteiger partial charge in [0.2, 0.25) is 0 Å². The van der Waals surface area contributed by atoms with E-state index in [-0.39, 0.29) is 0 Å². The largest absolute Gasteiger partial charge is 0.317 e. The van der Waals surface area contributed by atoms with E-state index in [0.29, 0.717) is 19.6 Å². The number of hydrogen-bond acceptors (Lipinski definition) is 5. The van der Waals surface area contributed by atoms with Crippen molar-refractivity contribution in [2.24, 2.45) is 0 Å². The highest BCUT2D eigenvalue weighted by atomic mass is 32.2. The fourth-order valence-electron chi connectivity index (χ4n) is 1.48. The first kappa shape index (κ1) is 16.0. The first-order valence-corrected chi connectivity index (χ1v) is 7.76. The van der Waals surface area contributed by atoms with Crippen LogP contribution in [0.1, 0.15) is 13.3 Å². The van der Waals surface area contributed by atoms with Crippen molar-refractivity contribution >= 4 is 10.2 Å². The summed E-state index contributed by atoms with van der Waals surface area (Å²) >= 11 is 0. The molecule has 2 N–H and O–H groups in total. The summed E-state index contributed by atoms with van der Waals surface area (Å²) < 4.78 is 29.2. The van der Waals surface area contributed by atoms with Crippen LogP contribution in [0.5, 0.6) is 0 Å². The van der Waals surface area contributed by atoms with Gasteiger partial charge in [0.25, 0.3) is 10.2 Å². The summed E-state index contributed by atoms with van der Waals surface area (Å²) in [5.41, 5.74) is 0. The maximum atomic E-state index is 11.9. The number of aromatic nitrogens is 3. The Kier molecular flexibility index (Phi) is 6.92. The molecule has 0 unspecified atom stereocenters. The van der Waals surface area contributed by atoms with E-state index in [2.05, 4.69) is 20.4 Å². The minimum absolute atomic E-state index is 0.295. The fourth-order valence-corrected chi connectivity index (χ4v) is 2.41. The van der Waals surface area contributed by atoms with Crippen molar-refractivity contribution in [1.29, 1.82) is 0 Å². The molecule has 0 saturated heterocycles. The first-order chi connectivity index (χ1) is 9.06. The van der Waals surface area contributed by atoms with Gasteiger partial charge in [-0.3, -0.25) is 4.68 Å². The molecule has 0 radical (unpaired) electrons. The molecule has 0 bridgehead atoms. The molecule has 1 heterocycles. The highest BCUT2D eigenvalue weighted by molar-refractivity contribution is 7.87. The van der Waals surface area contributed by atoms with E-state index in [4.69, 9.17) is 0 Å². The summed E-state index contributed by atoms with van der Waals surface area (Å²) in [7, 11) is -1.83. The van der Waals surface area contributed by atoms with Crippen LogP contribution in [0.25, 0.3) is 0 Å². The van der Waals surface area contributed by atoms with Gasteiger partial charge in [-0.05, 0) is 19.5 Å². The summed E-state index contributed by atoms with van der Waals surface area (Å²) in [5.74, 6) is 0. The van der Waals surface area contributed by atoms with Crippen molar-refractivity contribution in [2.75, 3.05) is 33.2 Å². The van der Waals surface area contributed by atoms with Gasteiger partial charge in [0.05, 0.1) is 12.7 Å². The van der Waals surface area contributed by atoms with Crippen molar-refractivity contribution in [2.45, 2.75) is 19.9 Å². The lowest BCUT2D eigenvalue weighted by atomic mass is 10.4. The number of rotatable bonds is 10. The average Bonchev–Trinajstić information content (AvgIpc) is 2.87. The Labute approximate surface area is 114 Å². The molecule has 0 saturated carbocycles. The van der Waals surface area contributed by atoms with Crippen molar-refractivity contribution in [1.82, 2.24) is 29.3 Å². The van der Waals surface area contributed by atoms with Crippen molar-refractivity contribution in [3.05, 3.63) is 12.4 Å². The van der Waals surface area contributed by atoms with E-state index in [1.54, 1.807) is 24.1 Å². The van der Waals surface area contributed by atoms with Crippen LogP contribution in [0.3, 0.4) is 0 Å². The highest BCUT2D eigenvalue weighted by Gasteiger charge is 2.15. The van der Waals surface area contributed by atoms with Gasteiger partial charge in [-0.1, -0.05) is 12.1 Å². The van der Waals surface area contributed by atoms with Gasteiger partial charge in [-0.2, -0.15) is 12.7 Å². The third kappa shape index (κ3) is 6.10. The molecule has 8 nitrogen and oxygen atoms in total. The molecule has 110 valence electrons. The standard InChI is InChI=1S/C10H22N6O2S/c1-3-11-5-4-8-15(2)19(17,18)13-7-10-16-9-6-12-14-16/h6,9,11,13H,3-5,7-8,10H2,1-2H3. The molecular weight excluding hydrogens is 268 g/mol. The second-order valence-electron chi connectivity index (χ2n) is 4.09. The smallest absolute Gasteiger partial charge is 0.279 e. The highest BCUT2D eigenvalue weighted by Crippen LogP contribution is 1.95. The summed E-state index contributed by atoms with van der Waals surface area (Å²) in [6.45, 7) is 4.98. The monoisotopic (exact) mass is 290 g/mol. The molecular formula is C10H22N6O2S. The molecule has 9 heteroatoms. The lowest BCUT2D eigenvalue weighted by molar-refractivity contribution is 0.442. The van der Waals surface area contributed by atoms with Crippen LogP contribution in [-0.4, -0.2) is 60.9 Å². The number of hydrogen-bond donors (Lipinski definition) is 2. The van der Waals surface area contributed by atoms with Crippen LogP contribution in [0.2, 0.25) is 0 Å². The van der Waals surface area contributed by atoms with Crippen LogP contribution in [0, 0.1) is 0 Å². The second kappa shape index (κ2) is 8.20. The van der Waals surface area contributed by atoms with Gasteiger partial charge in [-0.15, -0.1) is 5.10 Å². The van der Waals surface area contributed by atoms with Gasteiger partial charge in [-0.25, -0.2) is 4.72 Å². The molecule has 0 aliphatic rings. The summed E-state index contributed by atoms with van der Waals surface area (Å²) in [5, 5.41) is 10.6. The number of nitrogens with zero attached hydrogens (tertiary/aromatic N) is 4. The molecule has 1 aromatic rings. The van der Waals surface area contributed by atoms with E-state index < -0.39 is 10.2 Å². The van der Waals surface area contributed by atoms with Crippen LogP contribution in [0.15, 0.2) is 12.4 Å². The minimum Gasteiger partial charge on any atom is -0.317 e. The van der Waals surface area contributed by atoms with Gasteiger partial charge in [0.1, 0.15) is 0 Å². The van der Waals surface area contributed by atoms with E-state index >= 15 is 0 Å². The molecule has 1 rings (SSSR count). The Morgan fingerprint density at radius 3 is 2.79 bits per heavy atom. The van der Waals surface area contributed by atoms with Crippen molar-refractivity contribution in [3.8, 4) is 0 Å². The summed E-state index contributed by atoms with van der Waals surface area (Å²) in [6.07, 6.45) is 4.03. The SMILES string of the molecule is CCNCCCN(C)S(=O)(=O)NCCn1ccnn1. The molecule has 1 aromatic heterocycles. The third-order valence-corrected chi connectivity index (χ3v) is 4.16. The molecule has 0 aliphatic carbocycles. The van der Waals surface area contributed by atoms with Gasteiger partial charge < -0.3 is 5.32 Å². The Balaban J connectivity index is 2.25. The zero-order chi connectivity index (χ0) is 14.1. The zero-order valence-electron chi connectivity index (χ0n) is 11.4. The Hall–Kier alpha value is -1.03. The third-order valence-electron chi connectivity index (χ3n) is 2.58. The lowest BCUT2D eigenvalue weighted by Gasteiger charge is -2.17. The maximum absolute atomic E-state index is 11.9. The lowest BCUT2D eigenvalue weighted by Crippen LogP contribution is -2.40. The predicted molar refractivity (Wildman–Crippen MR) is 72.7 cm³/mol. The van der Waals surface area contributed by atoms with Crippen molar-refractivity contribution < 1.29 is 8.42 Å². The number of nitrogens with one attached hydrogen (secondary N) is 2. The Morgan fingerprint density at radius 1 is 1.37 bits per heavy atom. The summed E-state index contributed by atoms with van der Waals surface area (Å²) in [4.78, 5) is 0. The maximum Gasteiger partial charge on any atom is 0.279 e. The van der Waals surface area contributed by atoms with E-state index in [0.717, 1.165) is 19.5 Å². The van der Waals surface area contributed by atoms with Gasteiger partial charge in [0.15, 0.2) is 0 Å². The zero-order valence-corrected chi connectivity index (χ0v) is 12.2. The van der Waals surface area contributed by atoms with E-state index in [9.17, 15) is 8.42 Å². The first-order valence-electron chi connectivity index (χ1n) is 6.32. The molecule has 0 spiro atoms. The summed E-state index contributed by atoms with van der Waals surface area (Å²) in [6, 6.07) is 0. The second-order valence-corrected chi connectivity index (χ2v) is 5.96. The fraction of sp³-hybridized carbons (Fsp3) is 0.800. The van der Waals surface area contributed by atoms with E-state index in [1.807, 2.05) is 6.92 Å². The quantitative estimate of drug-likeness (QED) is 0.542. The molecule has 0 amide bonds. The average molecular weight is 290 g/mol. The van der Waals surface area contributed by atoms with Crippen LogP contribution in [-0.2, 0) is 16.8 Å². The van der Waals surface area contributed by atoms with Crippen LogP contribution >= 0.6 is 0 Å². The minimum atomic E-state index is -3.41. The molecule has 0 atom stereocenters. The van der Waals surface area contributed by atoms with Crippen molar-refractivity contribution in [3.63, 3.8) is 0 Å². The topological polar surface area (TPSA) is 92.2 Å². The van der Waals surface area contributed by atoms with Gasteiger partial charge >= 0.3 is 0 Å². The predicted octanol–water partition coefficient (Wildman–Crippen LogP) is -0.956. The Bertz CT molecular complexity index is 433. The molecule has 0 aromatic carbocycles. The Morgan fingerprint density at radius 2 is 2.16 bits per heavy atom. The normalized spacial score (nSPS) is 12.2. The molecule has 0 fully saturated rings. The molecule has 19 heavy (non-hydrogen) atoms. The van der Waals surface area contributed by atoms with Gasteiger partial charge in [0, 0.05) is 26.3 Å².